The number of halogens is 3. The third kappa shape index (κ3) is 5.84. The summed E-state index contributed by atoms with van der Waals surface area (Å²) in [5.41, 5.74) is 1.22. The average molecular weight is 504 g/mol. The summed E-state index contributed by atoms with van der Waals surface area (Å²) in [4.78, 5) is 14.4. The summed E-state index contributed by atoms with van der Waals surface area (Å²) in [7, 11) is 0. The molecular formula is C25H17Cl3O3S. The number of ether oxygens (including phenoxy) is 1. The minimum Gasteiger partial charge on any atom is -0.483 e. The molecule has 3 nitrogen and oxygen atoms in total. The van der Waals surface area contributed by atoms with Crippen LogP contribution in [0.25, 0.3) is 6.08 Å². The number of carbonyl (C=O) groups is 1. The van der Waals surface area contributed by atoms with Gasteiger partial charge in [0.25, 0.3) is 0 Å². The normalized spacial score (nSPS) is 11.2. The van der Waals surface area contributed by atoms with E-state index >= 15 is 0 Å². The van der Waals surface area contributed by atoms with Crippen molar-refractivity contribution in [2.45, 2.75) is 13.0 Å². The first kappa shape index (κ1) is 22.7. The van der Waals surface area contributed by atoms with Crippen LogP contribution in [-0.4, -0.2) is 5.78 Å². The molecule has 32 heavy (non-hydrogen) atoms. The second-order valence-electron chi connectivity index (χ2n) is 6.92. The molecule has 0 amide bonds. The predicted molar refractivity (Wildman–Crippen MR) is 131 cm³/mol. The minimum absolute atomic E-state index is 0.0664. The Morgan fingerprint density at radius 1 is 0.969 bits per heavy atom. The van der Waals surface area contributed by atoms with E-state index in [1.807, 2.05) is 30.3 Å². The van der Waals surface area contributed by atoms with Crippen LogP contribution < -0.4 is 4.74 Å². The highest BCUT2D eigenvalue weighted by molar-refractivity contribution is 7.14. The highest BCUT2D eigenvalue weighted by Crippen LogP contribution is 2.36. The molecule has 2 aromatic heterocycles. The van der Waals surface area contributed by atoms with E-state index in [9.17, 15) is 4.79 Å². The van der Waals surface area contributed by atoms with Crippen LogP contribution in [0.15, 0.2) is 77.2 Å². The Bertz CT molecular complexity index is 1240. The van der Waals surface area contributed by atoms with Crippen LogP contribution in [0.3, 0.4) is 0 Å². The van der Waals surface area contributed by atoms with Gasteiger partial charge in [-0.3, -0.25) is 4.79 Å². The zero-order chi connectivity index (χ0) is 22.5. The molecule has 0 saturated carbocycles. The van der Waals surface area contributed by atoms with Crippen LogP contribution in [0.5, 0.6) is 5.75 Å². The topological polar surface area (TPSA) is 39.4 Å². The van der Waals surface area contributed by atoms with Crippen LogP contribution in [-0.2, 0) is 13.0 Å². The summed E-state index contributed by atoms with van der Waals surface area (Å²) in [6, 6.07) is 20.7. The maximum Gasteiger partial charge on any atom is 0.195 e. The molecule has 0 aliphatic rings. The van der Waals surface area contributed by atoms with Gasteiger partial charge in [0.2, 0.25) is 0 Å². The first-order valence-electron chi connectivity index (χ1n) is 9.69. The maximum atomic E-state index is 12.5. The Morgan fingerprint density at radius 3 is 2.47 bits per heavy atom. The van der Waals surface area contributed by atoms with E-state index in [1.165, 1.54) is 23.0 Å². The standard InChI is InChI=1S/C25H17Cl3O3S/c26-17-13-21(27)25(22(28)14-17)30-15-19-7-6-18(31-19)8-10-23(29)24-11-9-20(32-24)12-16-4-2-1-3-5-16/h1-11,13-14H,12,15H2/b10-8+. The van der Waals surface area contributed by atoms with Gasteiger partial charge < -0.3 is 9.15 Å². The lowest BCUT2D eigenvalue weighted by atomic mass is 10.1. The Balaban J connectivity index is 1.35. The lowest BCUT2D eigenvalue weighted by Gasteiger charge is -2.08. The van der Waals surface area contributed by atoms with E-state index in [-0.39, 0.29) is 12.4 Å². The van der Waals surface area contributed by atoms with Crippen molar-refractivity contribution in [3.8, 4) is 5.75 Å². The molecule has 0 radical (unpaired) electrons. The Kier molecular flexibility index (Phi) is 7.38. The second-order valence-corrected chi connectivity index (χ2v) is 9.34. The van der Waals surface area contributed by atoms with Gasteiger partial charge in [0.1, 0.15) is 18.1 Å². The fourth-order valence-corrected chi connectivity index (χ4v) is 4.90. The van der Waals surface area contributed by atoms with Crippen LogP contribution in [0, 0.1) is 0 Å². The third-order valence-corrected chi connectivity index (χ3v) is 6.41. The van der Waals surface area contributed by atoms with Gasteiger partial charge in [0.15, 0.2) is 11.5 Å². The van der Waals surface area contributed by atoms with Crippen LogP contribution >= 0.6 is 46.1 Å². The molecular weight excluding hydrogens is 487 g/mol. The molecule has 7 heteroatoms. The third-order valence-electron chi connectivity index (χ3n) is 4.53. The molecule has 4 rings (SSSR count). The predicted octanol–water partition coefficient (Wildman–Crippen LogP) is 8.37. The Morgan fingerprint density at radius 2 is 1.72 bits per heavy atom. The summed E-state index contributed by atoms with van der Waals surface area (Å²) in [5, 5.41) is 1.07. The van der Waals surface area contributed by atoms with E-state index in [2.05, 4.69) is 12.1 Å². The van der Waals surface area contributed by atoms with Crippen molar-refractivity contribution in [3.05, 3.63) is 115 Å². The smallest absolute Gasteiger partial charge is 0.195 e. The molecule has 0 bridgehead atoms. The summed E-state index contributed by atoms with van der Waals surface area (Å²) >= 11 is 19.7. The lowest BCUT2D eigenvalue weighted by Crippen LogP contribution is -1.95. The molecule has 0 atom stereocenters. The fourth-order valence-electron chi connectivity index (χ4n) is 3.01. The van der Waals surface area contributed by atoms with Crippen molar-refractivity contribution < 1.29 is 13.9 Å². The molecule has 0 aliphatic carbocycles. The van der Waals surface area contributed by atoms with Crippen molar-refractivity contribution >= 4 is 58.0 Å². The minimum atomic E-state index is -0.0664. The van der Waals surface area contributed by atoms with Gasteiger partial charge in [-0.25, -0.2) is 0 Å². The second kappa shape index (κ2) is 10.4. The number of benzene rings is 2. The summed E-state index contributed by atoms with van der Waals surface area (Å²) in [6.07, 6.45) is 3.96. The zero-order valence-electron chi connectivity index (χ0n) is 16.7. The first-order valence-corrected chi connectivity index (χ1v) is 11.6. The van der Waals surface area contributed by atoms with E-state index in [4.69, 9.17) is 44.0 Å². The zero-order valence-corrected chi connectivity index (χ0v) is 19.8. The number of hydrogen-bond acceptors (Lipinski definition) is 4. The molecule has 0 unspecified atom stereocenters. The van der Waals surface area contributed by atoms with E-state index in [1.54, 1.807) is 30.3 Å². The van der Waals surface area contributed by atoms with Crippen molar-refractivity contribution in [1.82, 2.24) is 0 Å². The van der Waals surface area contributed by atoms with Crippen molar-refractivity contribution in [2.75, 3.05) is 0 Å². The van der Waals surface area contributed by atoms with Crippen LogP contribution in [0.1, 0.15) is 31.6 Å². The van der Waals surface area contributed by atoms with Gasteiger partial charge in [-0.15, -0.1) is 11.3 Å². The monoisotopic (exact) mass is 502 g/mol. The number of hydrogen-bond donors (Lipinski definition) is 0. The van der Waals surface area contributed by atoms with Crippen LogP contribution in [0.4, 0.5) is 0 Å². The summed E-state index contributed by atoms with van der Waals surface area (Å²) in [5.74, 6) is 1.39. The van der Waals surface area contributed by atoms with Gasteiger partial charge in [-0.1, -0.05) is 65.1 Å². The number of thiophene rings is 1. The molecule has 0 fully saturated rings. The van der Waals surface area contributed by atoms with Gasteiger partial charge >= 0.3 is 0 Å². The number of furan rings is 1. The molecule has 0 saturated heterocycles. The lowest BCUT2D eigenvalue weighted by molar-refractivity contribution is 0.105. The van der Waals surface area contributed by atoms with E-state index < -0.39 is 0 Å². The maximum absolute atomic E-state index is 12.5. The van der Waals surface area contributed by atoms with Crippen molar-refractivity contribution in [1.29, 1.82) is 0 Å². The van der Waals surface area contributed by atoms with E-state index in [0.717, 1.165) is 11.3 Å². The average Bonchev–Trinajstić information content (AvgIpc) is 3.42. The molecule has 2 aromatic carbocycles. The number of ketones is 1. The van der Waals surface area contributed by atoms with Crippen LogP contribution in [0.2, 0.25) is 15.1 Å². The van der Waals surface area contributed by atoms with Gasteiger partial charge in [-0.05, 0) is 54.1 Å². The molecule has 0 spiro atoms. The van der Waals surface area contributed by atoms with Gasteiger partial charge in [0, 0.05) is 16.3 Å². The van der Waals surface area contributed by atoms with Gasteiger partial charge in [-0.2, -0.15) is 0 Å². The van der Waals surface area contributed by atoms with Gasteiger partial charge in [0.05, 0.1) is 14.9 Å². The van der Waals surface area contributed by atoms with Crippen molar-refractivity contribution in [2.24, 2.45) is 0 Å². The highest BCUT2D eigenvalue weighted by Gasteiger charge is 2.11. The Labute approximate surface area is 204 Å². The first-order chi connectivity index (χ1) is 15.5. The molecule has 2 heterocycles. The summed E-state index contributed by atoms with van der Waals surface area (Å²) in [6.45, 7) is 0.136. The Hall–Kier alpha value is -2.50. The number of carbonyl (C=O) groups excluding carboxylic acids is 1. The fraction of sp³-hybridized carbons (Fsp3) is 0.0800. The summed E-state index contributed by atoms with van der Waals surface area (Å²) < 4.78 is 11.4. The highest BCUT2D eigenvalue weighted by atomic mass is 35.5. The molecule has 0 aliphatic heterocycles. The quantitative estimate of drug-likeness (QED) is 0.179. The number of allylic oxidation sites excluding steroid dienone is 1. The van der Waals surface area contributed by atoms with E-state index in [0.29, 0.717) is 37.2 Å². The van der Waals surface area contributed by atoms with Crippen molar-refractivity contribution in [3.63, 3.8) is 0 Å². The number of rotatable bonds is 8. The molecule has 162 valence electrons. The molecule has 0 N–H and O–H groups in total. The molecule has 4 aromatic rings. The largest absolute Gasteiger partial charge is 0.483 e. The SMILES string of the molecule is O=C(/C=C/c1ccc(COc2c(Cl)cc(Cl)cc2Cl)o1)c1ccc(Cc2ccccc2)s1.